The molecule has 0 aliphatic heterocycles. The molecule has 0 aromatic carbocycles. The number of anilines is 1. The van der Waals surface area contributed by atoms with Crippen LogP contribution < -0.4 is 5.32 Å². The molecule has 2 N–H and O–H groups in total. The molecule has 0 fully saturated rings. The van der Waals surface area contributed by atoms with Crippen molar-refractivity contribution in [2.75, 3.05) is 11.9 Å². The van der Waals surface area contributed by atoms with Crippen molar-refractivity contribution in [2.24, 2.45) is 0 Å². The smallest absolute Gasteiger partial charge is 0.303 e. The zero-order valence-electron chi connectivity index (χ0n) is 9.64. The number of nitrogens with one attached hydrogen (secondary N) is 1. The summed E-state index contributed by atoms with van der Waals surface area (Å²) in [5.41, 5.74) is 0.425. The van der Waals surface area contributed by atoms with Crippen LogP contribution in [-0.2, 0) is 4.79 Å². The summed E-state index contributed by atoms with van der Waals surface area (Å²) in [6.07, 6.45) is 1.70. The fraction of sp³-hybridized carbons (Fsp3) is 0.400. The molecule has 0 atom stereocenters. The molecule has 7 nitrogen and oxygen atoms in total. The van der Waals surface area contributed by atoms with E-state index < -0.39 is 10.9 Å². The van der Waals surface area contributed by atoms with E-state index in [2.05, 4.69) is 26.2 Å². The van der Waals surface area contributed by atoms with Gasteiger partial charge in [0.15, 0.2) is 0 Å². The molecule has 0 aliphatic carbocycles. The number of rotatable bonds is 6. The van der Waals surface area contributed by atoms with Crippen molar-refractivity contribution < 1.29 is 14.8 Å². The molecule has 8 heteroatoms. The van der Waals surface area contributed by atoms with Crippen LogP contribution in [0.4, 0.5) is 11.5 Å². The third-order valence-electron chi connectivity index (χ3n) is 2.29. The summed E-state index contributed by atoms with van der Waals surface area (Å²) in [6.45, 7) is 2.06. The first kappa shape index (κ1) is 14.4. The molecule has 0 amide bonds. The third-order valence-corrected chi connectivity index (χ3v) is 3.26. The second-order valence-corrected chi connectivity index (χ2v) is 4.41. The van der Waals surface area contributed by atoms with Gasteiger partial charge in [0.1, 0.15) is 12.0 Å². The van der Waals surface area contributed by atoms with Crippen molar-refractivity contribution in [3.05, 3.63) is 26.3 Å². The number of nitro groups is 1. The maximum atomic E-state index is 10.7. The topological polar surface area (TPSA) is 105 Å². The number of pyridine rings is 1. The molecule has 0 spiro atoms. The second kappa shape index (κ2) is 6.29. The largest absolute Gasteiger partial charge is 0.481 e. The summed E-state index contributed by atoms with van der Waals surface area (Å²) in [7, 11) is 0. The van der Waals surface area contributed by atoms with Gasteiger partial charge in [-0.05, 0) is 29.3 Å². The lowest BCUT2D eigenvalue weighted by atomic mass is 10.2. The highest BCUT2D eigenvalue weighted by atomic mass is 79.9. The van der Waals surface area contributed by atoms with Gasteiger partial charge in [-0.2, -0.15) is 0 Å². The lowest BCUT2D eigenvalue weighted by Crippen LogP contribution is -2.07. The molecule has 1 aromatic rings. The number of aromatic nitrogens is 1. The summed E-state index contributed by atoms with van der Waals surface area (Å²) in [5, 5.41) is 22.1. The molecular formula is C10H12BrN3O4. The molecule has 0 radical (unpaired) electrons. The summed E-state index contributed by atoms with van der Waals surface area (Å²) in [4.78, 5) is 24.4. The average molecular weight is 318 g/mol. The Hall–Kier alpha value is -1.70. The fourth-order valence-corrected chi connectivity index (χ4v) is 1.77. The van der Waals surface area contributed by atoms with Gasteiger partial charge in [0, 0.05) is 18.5 Å². The maximum Gasteiger partial charge on any atom is 0.303 e. The summed E-state index contributed by atoms with van der Waals surface area (Å²) >= 11 is 3.23. The van der Waals surface area contributed by atoms with E-state index in [9.17, 15) is 14.9 Å². The minimum atomic E-state index is -0.858. The van der Waals surface area contributed by atoms with Crippen molar-refractivity contribution >= 4 is 33.4 Å². The van der Waals surface area contributed by atoms with Crippen molar-refractivity contribution in [3.63, 3.8) is 0 Å². The summed E-state index contributed by atoms with van der Waals surface area (Å²) in [5.74, 6) is -0.382. The van der Waals surface area contributed by atoms with Crippen LogP contribution >= 0.6 is 15.9 Å². The lowest BCUT2D eigenvalue weighted by molar-refractivity contribution is -0.385. The quantitative estimate of drug-likeness (QED) is 0.474. The van der Waals surface area contributed by atoms with Gasteiger partial charge in [0.2, 0.25) is 0 Å². The maximum absolute atomic E-state index is 10.7. The lowest BCUT2D eigenvalue weighted by Gasteiger charge is -2.08. The Morgan fingerprint density at radius 1 is 1.67 bits per heavy atom. The molecule has 0 aliphatic rings. The molecule has 1 rings (SSSR count). The van der Waals surface area contributed by atoms with Crippen molar-refractivity contribution in [1.29, 1.82) is 0 Å². The molecule has 1 heterocycles. The first-order valence-corrected chi connectivity index (χ1v) is 5.98. The Morgan fingerprint density at radius 2 is 2.33 bits per heavy atom. The van der Waals surface area contributed by atoms with Gasteiger partial charge in [-0.15, -0.1) is 0 Å². The van der Waals surface area contributed by atoms with Crippen LogP contribution in [0.3, 0.4) is 0 Å². The van der Waals surface area contributed by atoms with E-state index in [1.54, 1.807) is 6.92 Å². The van der Waals surface area contributed by atoms with E-state index in [4.69, 9.17) is 5.11 Å². The minimum absolute atomic E-state index is 0.0574. The number of carboxylic acid groups (broad SMARTS) is 1. The van der Waals surface area contributed by atoms with Crippen LogP contribution in [0, 0.1) is 17.0 Å². The number of carboxylic acids is 1. The van der Waals surface area contributed by atoms with E-state index in [1.165, 1.54) is 6.20 Å². The van der Waals surface area contributed by atoms with Gasteiger partial charge in [0.25, 0.3) is 5.69 Å². The van der Waals surface area contributed by atoms with Crippen LogP contribution in [0.1, 0.15) is 18.4 Å². The first-order chi connectivity index (χ1) is 8.43. The van der Waals surface area contributed by atoms with E-state index in [0.29, 0.717) is 28.8 Å². The molecule has 98 valence electrons. The Balaban J connectivity index is 2.71. The van der Waals surface area contributed by atoms with Crippen LogP contribution in [0.25, 0.3) is 0 Å². The number of hydrogen-bond acceptors (Lipinski definition) is 5. The van der Waals surface area contributed by atoms with Crippen LogP contribution in [0.2, 0.25) is 0 Å². The number of carbonyl (C=O) groups is 1. The van der Waals surface area contributed by atoms with Gasteiger partial charge >= 0.3 is 5.97 Å². The van der Waals surface area contributed by atoms with E-state index in [1.807, 2.05) is 0 Å². The van der Waals surface area contributed by atoms with Crippen molar-refractivity contribution in [1.82, 2.24) is 4.98 Å². The molecule has 0 bridgehead atoms. The van der Waals surface area contributed by atoms with Crippen LogP contribution in [0.15, 0.2) is 10.7 Å². The molecule has 0 saturated heterocycles. The highest BCUT2D eigenvalue weighted by molar-refractivity contribution is 9.10. The number of halogens is 1. The third kappa shape index (κ3) is 3.66. The highest BCUT2D eigenvalue weighted by Crippen LogP contribution is 2.30. The molecular weight excluding hydrogens is 306 g/mol. The molecule has 18 heavy (non-hydrogen) atoms. The first-order valence-electron chi connectivity index (χ1n) is 5.18. The van der Waals surface area contributed by atoms with Gasteiger partial charge in [-0.3, -0.25) is 14.9 Å². The summed E-state index contributed by atoms with van der Waals surface area (Å²) < 4.78 is 0.520. The Bertz CT molecular complexity index is 478. The second-order valence-electron chi connectivity index (χ2n) is 3.61. The SMILES string of the molecule is Cc1c([N+](=O)[O-])cnc(NCCCC(=O)O)c1Br. The number of nitrogens with zero attached hydrogens (tertiary/aromatic N) is 2. The average Bonchev–Trinajstić information content (AvgIpc) is 2.29. The molecule has 0 saturated carbocycles. The highest BCUT2D eigenvalue weighted by Gasteiger charge is 2.16. The van der Waals surface area contributed by atoms with E-state index in [0.717, 1.165) is 0 Å². The molecule has 0 unspecified atom stereocenters. The van der Waals surface area contributed by atoms with Crippen LogP contribution in [0.5, 0.6) is 0 Å². The van der Waals surface area contributed by atoms with Gasteiger partial charge in [-0.25, -0.2) is 4.98 Å². The Labute approximate surface area is 112 Å². The summed E-state index contributed by atoms with van der Waals surface area (Å²) in [6, 6.07) is 0. The number of hydrogen-bond donors (Lipinski definition) is 2. The minimum Gasteiger partial charge on any atom is -0.481 e. The normalized spacial score (nSPS) is 10.1. The monoisotopic (exact) mass is 317 g/mol. The fourth-order valence-electron chi connectivity index (χ4n) is 1.32. The van der Waals surface area contributed by atoms with E-state index >= 15 is 0 Å². The number of aliphatic carboxylic acids is 1. The van der Waals surface area contributed by atoms with Gasteiger partial charge in [0.05, 0.1) is 9.40 Å². The van der Waals surface area contributed by atoms with Crippen molar-refractivity contribution in [2.45, 2.75) is 19.8 Å². The van der Waals surface area contributed by atoms with Crippen molar-refractivity contribution in [3.8, 4) is 0 Å². The Morgan fingerprint density at radius 3 is 2.89 bits per heavy atom. The Kier molecular flexibility index (Phi) is 5.02. The van der Waals surface area contributed by atoms with Crippen LogP contribution in [-0.4, -0.2) is 27.5 Å². The van der Waals surface area contributed by atoms with Gasteiger partial charge < -0.3 is 10.4 Å². The zero-order chi connectivity index (χ0) is 13.7. The van der Waals surface area contributed by atoms with E-state index in [-0.39, 0.29) is 12.1 Å². The molecule has 1 aromatic heterocycles. The predicted octanol–water partition coefficient (Wildman–Crippen LogP) is 2.34. The predicted molar refractivity (Wildman–Crippen MR) is 68.7 cm³/mol. The standard InChI is InChI=1S/C10H12BrN3O4/c1-6-7(14(17)18)5-13-10(9(6)11)12-4-2-3-8(15)16/h5H,2-4H2,1H3,(H,12,13)(H,15,16). The zero-order valence-corrected chi connectivity index (χ0v) is 11.2. The van der Waals surface area contributed by atoms with Gasteiger partial charge in [-0.1, -0.05) is 0 Å².